The van der Waals surface area contributed by atoms with Gasteiger partial charge in [0.2, 0.25) is 0 Å². The fourth-order valence-corrected chi connectivity index (χ4v) is 1.08. The molecule has 0 saturated heterocycles. The van der Waals surface area contributed by atoms with Crippen molar-refractivity contribution in [1.29, 1.82) is 0 Å². The maximum absolute atomic E-state index is 9.11. The van der Waals surface area contributed by atoms with Crippen LogP contribution < -0.4 is 0 Å². The van der Waals surface area contributed by atoms with E-state index in [4.69, 9.17) is 23.1 Å². The Hall–Kier alpha value is -1.13. The summed E-state index contributed by atoms with van der Waals surface area (Å²) in [7, 11) is 0. The Balaban J connectivity index is 3.06. The maximum Gasteiger partial charge on any atom is 0.134 e. The van der Waals surface area contributed by atoms with Crippen LogP contribution in [0.4, 0.5) is 0 Å². The number of rotatable bonds is 1. The van der Waals surface area contributed by atoms with Gasteiger partial charge in [-0.3, -0.25) is 0 Å². The third-order valence-electron chi connectivity index (χ3n) is 1.72. The van der Waals surface area contributed by atoms with Crippen molar-refractivity contribution in [2.24, 2.45) is 0 Å². The van der Waals surface area contributed by atoms with Crippen molar-refractivity contribution in [3.8, 4) is 18.1 Å². The van der Waals surface area contributed by atoms with Gasteiger partial charge < -0.3 is 5.11 Å². The highest BCUT2D eigenvalue weighted by Crippen LogP contribution is 2.26. The number of hydrogen-bond acceptors (Lipinski definition) is 1. The number of phenolic OH excluding ortho intramolecular Hbond substituents is 1. The first-order valence-corrected chi connectivity index (χ1v) is 3.97. The zero-order valence-electron chi connectivity index (χ0n) is 6.71. The molecular weight excluding hydrogens is 172 g/mol. The number of benzene rings is 1. The van der Waals surface area contributed by atoms with Crippen LogP contribution in [0.1, 0.15) is 18.4 Å². The van der Waals surface area contributed by atoms with Gasteiger partial charge in [0.25, 0.3) is 0 Å². The minimum atomic E-state index is 0.0306. The van der Waals surface area contributed by atoms with Crippen LogP contribution >= 0.6 is 11.6 Å². The Morgan fingerprint density at radius 3 is 2.75 bits per heavy atom. The van der Waals surface area contributed by atoms with Gasteiger partial charge in [-0.15, -0.1) is 6.42 Å². The Labute approximate surface area is 77.0 Å². The third kappa shape index (κ3) is 1.72. The summed E-state index contributed by atoms with van der Waals surface area (Å²) in [6.07, 6.45) is 5.24. The molecule has 62 valence electrons. The molecule has 1 N–H and O–H groups in total. The SMILES string of the molecule is C#CC(C)c1ccc(O)c(Cl)c1. The predicted octanol–water partition coefficient (Wildman–Crippen LogP) is 2.78. The molecule has 0 amide bonds. The van der Waals surface area contributed by atoms with E-state index < -0.39 is 0 Å². The molecule has 1 unspecified atom stereocenters. The van der Waals surface area contributed by atoms with E-state index >= 15 is 0 Å². The van der Waals surface area contributed by atoms with E-state index in [1.807, 2.05) is 6.92 Å². The highest BCUT2D eigenvalue weighted by atomic mass is 35.5. The lowest BCUT2D eigenvalue weighted by atomic mass is 10.0. The molecule has 12 heavy (non-hydrogen) atoms. The lowest BCUT2D eigenvalue weighted by molar-refractivity contribution is 0.475. The lowest BCUT2D eigenvalue weighted by Gasteiger charge is -2.05. The average molecular weight is 181 g/mol. The van der Waals surface area contributed by atoms with E-state index in [1.165, 1.54) is 0 Å². The molecule has 1 aromatic carbocycles. The molecule has 0 aliphatic rings. The van der Waals surface area contributed by atoms with Gasteiger partial charge in [-0.1, -0.05) is 23.6 Å². The number of terminal acetylenes is 1. The summed E-state index contributed by atoms with van der Waals surface area (Å²) in [5, 5.41) is 9.46. The normalized spacial score (nSPS) is 12.1. The minimum absolute atomic E-state index is 0.0306. The zero-order valence-corrected chi connectivity index (χ0v) is 7.47. The van der Waals surface area contributed by atoms with Crippen molar-refractivity contribution in [2.45, 2.75) is 12.8 Å². The quantitative estimate of drug-likeness (QED) is 0.659. The number of aromatic hydroxyl groups is 1. The molecule has 1 rings (SSSR count). The fraction of sp³-hybridized carbons (Fsp3) is 0.200. The van der Waals surface area contributed by atoms with Crippen LogP contribution in [0.3, 0.4) is 0 Å². The first-order valence-electron chi connectivity index (χ1n) is 3.59. The zero-order chi connectivity index (χ0) is 9.14. The summed E-state index contributed by atoms with van der Waals surface area (Å²) in [6, 6.07) is 5.00. The van der Waals surface area contributed by atoms with Gasteiger partial charge in [0.05, 0.1) is 5.02 Å². The van der Waals surface area contributed by atoms with Crippen LogP contribution in [0.25, 0.3) is 0 Å². The second-order valence-corrected chi connectivity index (χ2v) is 3.01. The fourth-order valence-electron chi connectivity index (χ4n) is 0.889. The Morgan fingerprint density at radius 1 is 1.58 bits per heavy atom. The summed E-state index contributed by atoms with van der Waals surface area (Å²) in [5.41, 5.74) is 0.945. The summed E-state index contributed by atoms with van der Waals surface area (Å²) in [5.74, 6) is 2.71. The van der Waals surface area contributed by atoms with Gasteiger partial charge in [-0.2, -0.15) is 0 Å². The van der Waals surface area contributed by atoms with Crippen molar-refractivity contribution in [1.82, 2.24) is 0 Å². The van der Waals surface area contributed by atoms with Gasteiger partial charge in [-0.05, 0) is 24.6 Å². The second-order valence-electron chi connectivity index (χ2n) is 2.60. The van der Waals surface area contributed by atoms with Gasteiger partial charge in [0.1, 0.15) is 5.75 Å². The van der Waals surface area contributed by atoms with E-state index in [-0.39, 0.29) is 11.7 Å². The van der Waals surface area contributed by atoms with Crippen LogP contribution in [-0.2, 0) is 0 Å². The second kappa shape index (κ2) is 3.51. The first-order chi connectivity index (χ1) is 5.65. The summed E-state index contributed by atoms with van der Waals surface area (Å²) >= 11 is 5.70. The maximum atomic E-state index is 9.11. The highest BCUT2D eigenvalue weighted by Gasteiger charge is 2.04. The van der Waals surface area contributed by atoms with Gasteiger partial charge >= 0.3 is 0 Å². The first kappa shape index (κ1) is 8.96. The van der Waals surface area contributed by atoms with E-state index in [1.54, 1.807) is 18.2 Å². The van der Waals surface area contributed by atoms with Crippen molar-refractivity contribution < 1.29 is 5.11 Å². The number of halogens is 1. The van der Waals surface area contributed by atoms with Crippen molar-refractivity contribution in [2.75, 3.05) is 0 Å². The molecule has 0 saturated carbocycles. The van der Waals surface area contributed by atoms with E-state index in [9.17, 15) is 0 Å². The van der Waals surface area contributed by atoms with Gasteiger partial charge in [-0.25, -0.2) is 0 Å². The molecule has 0 radical (unpaired) electrons. The Kier molecular flexibility index (Phi) is 2.62. The van der Waals surface area contributed by atoms with E-state index in [2.05, 4.69) is 5.92 Å². The molecule has 1 atom stereocenters. The van der Waals surface area contributed by atoms with E-state index in [0.717, 1.165) is 5.56 Å². The molecule has 0 heterocycles. The smallest absolute Gasteiger partial charge is 0.134 e. The topological polar surface area (TPSA) is 20.2 Å². The standard InChI is InChI=1S/C10H9ClO/c1-3-7(2)8-4-5-10(12)9(11)6-8/h1,4-7,12H,2H3. The molecule has 2 heteroatoms. The average Bonchev–Trinajstić information content (AvgIpc) is 2.08. The highest BCUT2D eigenvalue weighted by molar-refractivity contribution is 6.32. The molecule has 1 nitrogen and oxygen atoms in total. The summed E-state index contributed by atoms with van der Waals surface area (Å²) in [4.78, 5) is 0. The van der Waals surface area contributed by atoms with Crippen LogP contribution in [0.15, 0.2) is 18.2 Å². The minimum Gasteiger partial charge on any atom is -0.506 e. The number of phenols is 1. The summed E-state index contributed by atoms with van der Waals surface area (Å²) < 4.78 is 0. The molecular formula is C10H9ClO. The molecule has 0 fully saturated rings. The van der Waals surface area contributed by atoms with Crippen molar-refractivity contribution in [3.05, 3.63) is 28.8 Å². The lowest BCUT2D eigenvalue weighted by Crippen LogP contribution is -1.88. The van der Waals surface area contributed by atoms with Crippen molar-refractivity contribution in [3.63, 3.8) is 0 Å². The van der Waals surface area contributed by atoms with E-state index in [0.29, 0.717) is 5.02 Å². The largest absolute Gasteiger partial charge is 0.506 e. The van der Waals surface area contributed by atoms with Gasteiger partial charge in [0, 0.05) is 5.92 Å². The third-order valence-corrected chi connectivity index (χ3v) is 2.02. The number of hydrogen-bond donors (Lipinski definition) is 1. The van der Waals surface area contributed by atoms with Crippen LogP contribution in [0.5, 0.6) is 5.75 Å². The molecule has 0 spiro atoms. The molecule has 0 bridgehead atoms. The van der Waals surface area contributed by atoms with Crippen LogP contribution in [0.2, 0.25) is 5.02 Å². The molecule has 1 aromatic rings. The monoisotopic (exact) mass is 180 g/mol. The molecule has 0 aliphatic heterocycles. The predicted molar refractivity (Wildman–Crippen MR) is 50.4 cm³/mol. The Morgan fingerprint density at radius 2 is 2.25 bits per heavy atom. The Bertz CT molecular complexity index is 325. The van der Waals surface area contributed by atoms with Gasteiger partial charge in [0.15, 0.2) is 0 Å². The van der Waals surface area contributed by atoms with Crippen LogP contribution in [-0.4, -0.2) is 5.11 Å². The molecule has 0 aromatic heterocycles. The summed E-state index contributed by atoms with van der Waals surface area (Å²) in [6.45, 7) is 1.91. The molecule has 0 aliphatic carbocycles. The van der Waals surface area contributed by atoms with Crippen molar-refractivity contribution >= 4 is 11.6 Å². The van der Waals surface area contributed by atoms with Crippen LogP contribution in [0, 0.1) is 12.3 Å².